The number of nitrogens with one attached hydrogen (secondary N) is 1. The number of piperazine rings is 1. The van der Waals surface area contributed by atoms with Gasteiger partial charge in [0, 0.05) is 57.4 Å². The van der Waals surface area contributed by atoms with Crippen LogP contribution in [0.25, 0.3) is 0 Å². The van der Waals surface area contributed by atoms with Crippen LogP contribution in [0.15, 0.2) is 21.8 Å². The van der Waals surface area contributed by atoms with Gasteiger partial charge in [0.25, 0.3) is 0 Å². The molecule has 0 aromatic carbocycles. The number of guanidine groups is 1. The van der Waals surface area contributed by atoms with E-state index in [9.17, 15) is 8.42 Å². The van der Waals surface area contributed by atoms with Crippen molar-refractivity contribution in [1.82, 2.24) is 24.6 Å². The Bertz CT molecular complexity index is 723. The largest absolute Gasteiger partial charge is 0.364 e. The Kier molecular flexibility index (Phi) is 11.6. The minimum Gasteiger partial charge on any atom is -0.364 e. The van der Waals surface area contributed by atoms with Crippen molar-refractivity contribution in [3.63, 3.8) is 0 Å². The van der Waals surface area contributed by atoms with Crippen molar-refractivity contribution < 1.29 is 12.9 Å². The summed E-state index contributed by atoms with van der Waals surface area (Å²) in [6.07, 6.45) is 1.39. The summed E-state index contributed by atoms with van der Waals surface area (Å²) in [4.78, 5) is 9.35. The molecule has 0 spiro atoms. The SMILES string of the molecule is CCNC(=NCCN(C(C)C)C(C)C)N1CCN(S(=O)(=O)Cc2ccon2)CC1.I. The summed E-state index contributed by atoms with van der Waals surface area (Å²) in [5, 5.41) is 7.05. The average Bonchev–Trinajstić information content (AvgIpc) is 3.16. The molecule has 0 aliphatic carbocycles. The third-order valence-corrected chi connectivity index (χ3v) is 6.85. The van der Waals surface area contributed by atoms with Crippen LogP contribution in [0.4, 0.5) is 0 Å². The van der Waals surface area contributed by atoms with Gasteiger partial charge in [0.15, 0.2) is 5.96 Å². The van der Waals surface area contributed by atoms with Crippen LogP contribution >= 0.6 is 24.0 Å². The lowest BCUT2D eigenvalue weighted by Gasteiger charge is -2.36. The quantitative estimate of drug-likeness (QED) is 0.282. The second-order valence-electron chi connectivity index (χ2n) is 7.79. The maximum absolute atomic E-state index is 12.6. The molecule has 1 saturated heterocycles. The van der Waals surface area contributed by atoms with Gasteiger partial charge in [0.1, 0.15) is 12.0 Å². The maximum atomic E-state index is 12.6. The van der Waals surface area contributed by atoms with E-state index in [-0.39, 0.29) is 29.7 Å². The van der Waals surface area contributed by atoms with Crippen molar-refractivity contribution in [2.75, 3.05) is 45.8 Å². The fraction of sp³-hybridized carbons (Fsp3) is 0.789. The molecule has 1 fully saturated rings. The first kappa shape index (κ1) is 27.1. The summed E-state index contributed by atoms with van der Waals surface area (Å²) in [5.41, 5.74) is 0.433. The second kappa shape index (κ2) is 12.8. The van der Waals surface area contributed by atoms with E-state index < -0.39 is 10.0 Å². The first-order valence-electron chi connectivity index (χ1n) is 10.4. The normalized spacial score (nSPS) is 16.4. The van der Waals surface area contributed by atoms with Gasteiger partial charge in [-0.3, -0.25) is 9.89 Å². The summed E-state index contributed by atoms with van der Waals surface area (Å²) >= 11 is 0. The van der Waals surface area contributed by atoms with Crippen LogP contribution < -0.4 is 5.32 Å². The Hall–Kier alpha value is -0.920. The predicted molar refractivity (Wildman–Crippen MR) is 131 cm³/mol. The molecule has 0 amide bonds. The van der Waals surface area contributed by atoms with Crippen molar-refractivity contribution in [2.24, 2.45) is 4.99 Å². The van der Waals surface area contributed by atoms with E-state index in [0.717, 1.165) is 19.0 Å². The zero-order valence-electron chi connectivity index (χ0n) is 18.7. The molecule has 0 bridgehead atoms. The summed E-state index contributed by atoms with van der Waals surface area (Å²) in [5.74, 6) is 0.728. The highest BCUT2D eigenvalue weighted by molar-refractivity contribution is 14.0. The number of halogens is 1. The number of hydrogen-bond acceptors (Lipinski definition) is 6. The molecule has 1 aromatic rings. The maximum Gasteiger partial charge on any atom is 0.220 e. The van der Waals surface area contributed by atoms with Gasteiger partial charge in [0.05, 0.1) is 12.2 Å². The fourth-order valence-electron chi connectivity index (χ4n) is 3.58. The molecule has 174 valence electrons. The van der Waals surface area contributed by atoms with Crippen molar-refractivity contribution in [3.8, 4) is 0 Å². The zero-order chi connectivity index (χ0) is 21.4. The molecule has 2 heterocycles. The van der Waals surface area contributed by atoms with Gasteiger partial charge in [-0.1, -0.05) is 5.16 Å². The molecule has 11 heteroatoms. The minimum absolute atomic E-state index is 0. The van der Waals surface area contributed by atoms with Gasteiger partial charge in [-0.15, -0.1) is 24.0 Å². The van der Waals surface area contributed by atoms with Gasteiger partial charge < -0.3 is 14.7 Å². The molecule has 0 saturated carbocycles. The lowest BCUT2D eigenvalue weighted by atomic mass is 10.2. The van der Waals surface area contributed by atoms with Crippen LogP contribution in [0.2, 0.25) is 0 Å². The molecule has 9 nitrogen and oxygen atoms in total. The number of nitrogens with zero attached hydrogens (tertiary/aromatic N) is 5. The topological polar surface area (TPSA) is 94.3 Å². The van der Waals surface area contributed by atoms with Crippen LogP contribution in [0.3, 0.4) is 0 Å². The Morgan fingerprint density at radius 3 is 2.37 bits per heavy atom. The lowest BCUT2D eigenvalue weighted by molar-refractivity contribution is 0.180. The smallest absolute Gasteiger partial charge is 0.220 e. The van der Waals surface area contributed by atoms with Crippen LogP contribution in [0.5, 0.6) is 0 Å². The molecule has 30 heavy (non-hydrogen) atoms. The van der Waals surface area contributed by atoms with E-state index in [0.29, 0.717) is 50.5 Å². The first-order valence-corrected chi connectivity index (χ1v) is 12.0. The highest BCUT2D eigenvalue weighted by Crippen LogP contribution is 2.13. The molecule has 1 N–H and O–H groups in total. The first-order chi connectivity index (χ1) is 13.7. The number of rotatable bonds is 9. The minimum atomic E-state index is -3.40. The van der Waals surface area contributed by atoms with Gasteiger partial charge in [-0.25, -0.2) is 8.42 Å². The molecule has 0 unspecified atom stereocenters. The Morgan fingerprint density at radius 2 is 1.87 bits per heavy atom. The third kappa shape index (κ3) is 7.97. The summed E-state index contributed by atoms with van der Waals surface area (Å²) in [6, 6.07) is 2.54. The van der Waals surface area contributed by atoms with Crippen LogP contribution in [0, 0.1) is 0 Å². The third-order valence-electron chi connectivity index (χ3n) is 5.03. The van der Waals surface area contributed by atoms with E-state index in [4.69, 9.17) is 9.52 Å². The zero-order valence-corrected chi connectivity index (χ0v) is 21.9. The Balaban J connectivity index is 0.00000450. The van der Waals surface area contributed by atoms with E-state index in [2.05, 4.69) is 48.0 Å². The van der Waals surface area contributed by atoms with E-state index in [1.54, 1.807) is 6.07 Å². The number of hydrogen-bond donors (Lipinski definition) is 1. The predicted octanol–water partition coefficient (Wildman–Crippen LogP) is 1.82. The molecule has 2 rings (SSSR count). The molecular formula is C19H37IN6O3S. The van der Waals surface area contributed by atoms with E-state index >= 15 is 0 Å². The lowest BCUT2D eigenvalue weighted by Crippen LogP contribution is -2.54. The second-order valence-corrected chi connectivity index (χ2v) is 9.76. The highest BCUT2D eigenvalue weighted by atomic mass is 127. The molecule has 0 radical (unpaired) electrons. The summed E-state index contributed by atoms with van der Waals surface area (Å²) in [7, 11) is -3.40. The van der Waals surface area contributed by atoms with Crippen LogP contribution in [0.1, 0.15) is 40.3 Å². The standard InChI is InChI=1S/C19H36N6O3S.HI/c1-6-20-19(21-8-9-25(16(2)3)17(4)5)23-10-12-24(13-11-23)29(26,27)15-18-7-14-28-22-18;/h7,14,16-17H,6,8-13,15H2,1-5H3,(H,20,21);1H. The highest BCUT2D eigenvalue weighted by Gasteiger charge is 2.29. The summed E-state index contributed by atoms with van der Waals surface area (Å²) < 4.78 is 31.5. The monoisotopic (exact) mass is 556 g/mol. The van der Waals surface area contributed by atoms with Gasteiger partial charge in [0.2, 0.25) is 10.0 Å². The average molecular weight is 557 g/mol. The van der Waals surface area contributed by atoms with Crippen molar-refractivity contribution in [2.45, 2.75) is 52.5 Å². The van der Waals surface area contributed by atoms with E-state index in [1.165, 1.54) is 10.6 Å². The van der Waals surface area contributed by atoms with Gasteiger partial charge >= 0.3 is 0 Å². The van der Waals surface area contributed by atoms with Crippen LogP contribution in [-0.4, -0.2) is 91.5 Å². The van der Waals surface area contributed by atoms with Gasteiger partial charge in [-0.05, 0) is 34.6 Å². The molecule has 0 atom stereocenters. The summed E-state index contributed by atoms with van der Waals surface area (Å²) in [6.45, 7) is 15.3. The fourth-order valence-corrected chi connectivity index (χ4v) is 5.00. The molecule has 1 aliphatic rings. The Labute approximate surface area is 198 Å². The number of aliphatic imine (C=N–C) groups is 1. The Morgan fingerprint density at radius 1 is 1.23 bits per heavy atom. The van der Waals surface area contributed by atoms with Crippen LogP contribution in [-0.2, 0) is 15.8 Å². The van der Waals surface area contributed by atoms with Crippen molar-refractivity contribution >= 4 is 40.0 Å². The van der Waals surface area contributed by atoms with Crippen molar-refractivity contribution in [3.05, 3.63) is 18.0 Å². The number of sulfonamides is 1. The molecular weight excluding hydrogens is 519 g/mol. The van der Waals surface area contributed by atoms with E-state index in [1.807, 2.05) is 6.92 Å². The molecule has 1 aliphatic heterocycles. The number of aromatic nitrogens is 1. The molecule has 1 aromatic heterocycles. The van der Waals surface area contributed by atoms with Crippen molar-refractivity contribution in [1.29, 1.82) is 0 Å². The van der Waals surface area contributed by atoms with Gasteiger partial charge in [-0.2, -0.15) is 4.31 Å².